The van der Waals surface area contributed by atoms with E-state index in [2.05, 4.69) is 15.2 Å². The molecule has 1 aromatic heterocycles. The highest BCUT2D eigenvalue weighted by Gasteiger charge is 2.23. The maximum Gasteiger partial charge on any atom is 0.340 e. The minimum atomic E-state index is -0.436. The van der Waals surface area contributed by atoms with Crippen molar-refractivity contribution in [3.8, 4) is 0 Å². The predicted octanol–water partition coefficient (Wildman–Crippen LogP) is 3.98. The largest absolute Gasteiger partial charge is 0.465 e. The average Bonchev–Trinajstić information content (AvgIpc) is 2.74. The van der Waals surface area contributed by atoms with Crippen LogP contribution in [-0.4, -0.2) is 47.6 Å². The number of methoxy groups -OCH3 is 1. The number of carbonyl (C=O) groups is 1. The number of fused-ring (bicyclic) bond motifs is 1. The molecule has 1 aliphatic heterocycles. The second-order valence-corrected chi connectivity index (χ2v) is 7.44. The van der Waals surface area contributed by atoms with E-state index >= 15 is 0 Å². The van der Waals surface area contributed by atoms with E-state index in [1.165, 1.54) is 19.6 Å². The van der Waals surface area contributed by atoms with Crippen LogP contribution in [0.4, 0.5) is 10.2 Å². The lowest BCUT2D eigenvalue weighted by Gasteiger charge is -2.35. The fourth-order valence-electron chi connectivity index (χ4n) is 3.69. The summed E-state index contributed by atoms with van der Waals surface area (Å²) in [4.78, 5) is 23.9. The van der Waals surface area contributed by atoms with Gasteiger partial charge in [0, 0.05) is 18.4 Å². The quantitative estimate of drug-likeness (QED) is 0.597. The van der Waals surface area contributed by atoms with E-state index in [9.17, 15) is 9.18 Å². The summed E-state index contributed by atoms with van der Waals surface area (Å²) < 4.78 is 18.9. The van der Waals surface area contributed by atoms with Crippen molar-refractivity contribution in [2.24, 2.45) is 0 Å². The normalized spacial score (nSPS) is 14.9. The number of para-hydroxylation sites is 1. The van der Waals surface area contributed by atoms with Gasteiger partial charge in [0.25, 0.3) is 0 Å². The zero-order valence-electron chi connectivity index (χ0n) is 17.2. The Kier molecular flexibility index (Phi) is 5.90. The summed E-state index contributed by atoms with van der Waals surface area (Å²) in [7, 11) is 1.36. The molecule has 2 heterocycles. The van der Waals surface area contributed by atoms with E-state index in [1.807, 2.05) is 19.1 Å². The number of likely N-dealkylation sites (tertiary alicyclic amines) is 1. The number of anilines is 1. The molecule has 30 heavy (non-hydrogen) atoms. The van der Waals surface area contributed by atoms with E-state index in [0.29, 0.717) is 29.1 Å². The third-order valence-corrected chi connectivity index (χ3v) is 5.45. The Morgan fingerprint density at radius 3 is 2.70 bits per heavy atom. The number of aromatic nitrogens is 2. The van der Waals surface area contributed by atoms with Gasteiger partial charge in [-0.2, -0.15) is 0 Å². The monoisotopic (exact) mass is 408 g/mol. The standard InChI is InChI=1S/C23H25FN4O2/c1-3-20-26-21-17(9-5-10-18(21)23(29)30-2)22(27-20)25-19(14-28-11-6-12-28)15-7-4-8-16(24)13-15/h4-5,7-10,13,19H,3,6,11-12,14H2,1-2H3,(H,25,26,27)/t19-/m1/s1. The first kappa shape index (κ1) is 20.2. The Bertz CT molecular complexity index is 1070. The highest BCUT2D eigenvalue weighted by atomic mass is 19.1. The molecule has 7 heteroatoms. The Morgan fingerprint density at radius 2 is 2.03 bits per heavy atom. The third kappa shape index (κ3) is 4.11. The van der Waals surface area contributed by atoms with Crippen molar-refractivity contribution >= 4 is 22.7 Å². The Morgan fingerprint density at radius 1 is 1.23 bits per heavy atom. The number of benzene rings is 2. The lowest BCUT2D eigenvalue weighted by atomic mass is 10.0. The molecular weight excluding hydrogens is 383 g/mol. The van der Waals surface area contributed by atoms with Gasteiger partial charge in [0.2, 0.25) is 0 Å². The second-order valence-electron chi connectivity index (χ2n) is 7.44. The first-order valence-electron chi connectivity index (χ1n) is 10.2. The molecule has 0 aliphatic carbocycles. The average molecular weight is 408 g/mol. The van der Waals surface area contributed by atoms with Crippen LogP contribution in [0, 0.1) is 5.82 Å². The molecule has 1 atom stereocenters. The fourth-order valence-corrected chi connectivity index (χ4v) is 3.69. The molecular formula is C23H25FN4O2. The van der Waals surface area contributed by atoms with Crippen LogP contribution in [0.3, 0.4) is 0 Å². The van der Waals surface area contributed by atoms with Crippen molar-refractivity contribution in [2.45, 2.75) is 25.8 Å². The maximum atomic E-state index is 13.9. The number of nitrogens with zero attached hydrogens (tertiary/aromatic N) is 3. The summed E-state index contributed by atoms with van der Waals surface area (Å²) in [6, 6.07) is 11.9. The van der Waals surface area contributed by atoms with E-state index in [-0.39, 0.29) is 11.9 Å². The molecule has 0 saturated carbocycles. The van der Waals surface area contributed by atoms with Crippen LogP contribution in [0.1, 0.15) is 41.1 Å². The number of esters is 1. The highest BCUT2D eigenvalue weighted by molar-refractivity contribution is 6.05. The lowest BCUT2D eigenvalue weighted by molar-refractivity contribution is 0.0603. The SMILES string of the molecule is CCc1nc(N[C@H](CN2CCC2)c2cccc(F)c2)c2cccc(C(=O)OC)c2n1. The van der Waals surface area contributed by atoms with Gasteiger partial charge in [-0.25, -0.2) is 19.2 Å². The number of halogens is 1. The molecule has 1 saturated heterocycles. The first-order valence-corrected chi connectivity index (χ1v) is 10.2. The number of ether oxygens (including phenoxy) is 1. The number of aryl methyl sites for hydroxylation is 1. The van der Waals surface area contributed by atoms with Crippen LogP contribution in [0.25, 0.3) is 10.9 Å². The summed E-state index contributed by atoms with van der Waals surface area (Å²) in [5.74, 6) is 0.563. The van der Waals surface area contributed by atoms with E-state index in [4.69, 9.17) is 9.72 Å². The number of carbonyl (C=O) groups excluding carboxylic acids is 1. The van der Waals surface area contributed by atoms with Crippen molar-refractivity contribution in [1.82, 2.24) is 14.9 Å². The van der Waals surface area contributed by atoms with Gasteiger partial charge >= 0.3 is 5.97 Å². The second kappa shape index (κ2) is 8.75. The molecule has 0 bridgehead atoms. The molecule has 1 fully saturated rings. The van der Waals surface area contributed by atoms with Gasteiger partial charge in [0.15, 0.2) is 0 Å². The van der Waals surface area contributed by atoms with Crippen molar-refractivity contribution < 1.29 is 13.9 Å². The van der Waals surface area contributed by atoms with Gasteiger partial charge in [0.05, 0.1) is 24.2 Å². The lowest BCUT2D eigenvalue weighted by Crippen LogP contribution is -2.41. The number of hydrogen-bond acceptors (Lipinski definition) is 6. The highest BCUT2D eigenvalue weighted by Crippen LogP contribution is 2.29. The molecule has 1 aliphatic rings. The van der Waals surface area contributed by atoms with Crippen LogP contribution in [0.2, 0.25) is 0 Å². The molecule has 156 valence electrons. The summed E-state index contributed by atoms with van der Waals surface area (Å²) >= 11 is 0. The van der Waals surface area contributed by atoms with Crippen LogP contribution in [-0.2, 0) is 11.2 Å². The molecule has 6 nitrogen and oxygen atoms in total. The molecule has 0 radical (unpaired) electrons. The molecule has 2 aromatic carbocycles. The summed E-state index contributed by atoms with van der Waals surface area (Å²) in [5, 5.41) is 4.25. The van der Waals surface area contributed by atoms with Crippen LogP contribution < -0.4 is 5.32 Å². The third-order valence-electron chi connectivity index (χ3n) is 5.45. The molecule has 4 rings (SSSR count). The predicted molar refractivity (Wildman–Crippen MR) is 114 cm³/mol. The van der Waals surface area contributed by atoms with Gasteiger partial charge in [-0.1, -0.05) is 25.1 Å². The Labute approximate surface area is 175 Å². The maximum absolute atomic E-state index is 13.9. The molecule has 1 N–H and O–H groups in total. The fraction of sp³-hybridized carbons (Fsp3) is 0.348. The summed E-state index contributed by atoms with van der Waals surface area (Å²) in [6.07, 6.45) is 1.80. The first-order chi connectivity index (χ1) is 14.6. The topological polar surface area (TPSA) is 67.4 Å². The van der Waals surface area contributed by atoms with Crippen LogP contribution in [0.5, 0.6) is 0 Å². The van der Waals surface area contributed by atoms with E-state index in [1.54, 1.807) is 24.3 Å². The van der Waals surface area contributed by atoms with Crippen molar-refractivity contribution in [2.75, 3.05) is 32.1 Å². The van der Waals surface area contributed by atoms with Gasteiger partial charge in [-0.15, -0.1) is 0 Å². The van der Waals surface area contributed by atoms with Crippen molar-refractivity contribution in [3.05, 3.63) is 65.2 Å². The van der Waals surface area contributed by atoms with Gasteiger partial charge < -0.3 is 15.0 Å². The van der Waals surface area contributed by atoms with Crippen molar-refractivity contribution in [1.29, 1.82) is 0 Å². The van der Waals surface area contributed by atoms with Crippen LogP contribution >= 0.6 is 0 Å². The molecule has 3 aromatic rings. The van der Waals surface area contributed by atoms with Crippen LogP contribution in [0.15, 0.2) is 42.5 Å². The molecule has 0 spiro atoms. The van der Waals surface area contributed by atoms with Crippen molar-refractivity contribution in [3.63, 3.8) is 0 Å². The Hall–Kier alpha value is -3.06. The minimum Gasteiger partial charge on any atom is -0.465 e. The van der Waals surface area contributed by atoms with Gasteiger partial charge in [-0.3, -0.25) is 0 Å². The van der Waals surface area contributed by atoms with Gasteiger partial charge in [-0.05, 0) is 49.3 Å². The molecule has 0 amide bonds. The van der Waals surface area contributed by atoms with Gasteiger partial charge in [0.1, 0.15) is 17.5 Å². The van der Waals surface area contributed by atoms with E-state index < -0.39 is 5.97 Å². The number of rotatable bonds is 7. The Balaban J connectivity index is 1.78. The summed E-state index contributed by atoms with van der Waals surface area (Å²) in [6.45, 7) is 4.78. The smallest absolute Gasteiger partial charge is 0.340 e. The minimum absolute atomic E-state index is 0.148. The number of nitrogens with one attached hydrogen (secondary N) is 1. The zero-order valence-corrected chi connectivity index (χ0v) is 17.2. The molecule has 0 unspecified atom stereocenters. The zero-order chi connectivity index (χ0) is 21.1. The number of hydrogen-bond donors (Lipinski definition) is 1. The van der Waals surface area contributed by atoms with E-state index in [0.717, 1.165) is 30.6 Å². The summed E-state index contributed by atoms with van der Waals surface area (Å²) in [5.41, 5.74) is 1.82.